The van der Waals surface area contributed by atoms with Crippen LogP contribution in [0.2, 0.25) is 0 Å². The van der Waals surface area contributed by atoms with E-state index in [4.69, 9.17) is 0 Å². The highest BCUT2D eigenvalue weighted by atomic mass is 15.3. The molecule has 3 heterocycles. The van der Waals surface area contributed by atoms with Crippen LogP contribution in [0.25, 0.3) is 0 Å². The summed E-state index contributed by atoms with van der Waals surface area (Å²) in [6, 6.07) is 0. The Morgan fingerprint density at radius 2 is 2.14 bits per heavy atom. The maximum Gasteiger partial charge on any atom is 0.0641 e. The molecule has 0 aliphatic carbocycles. The molecule has 1 atom stereocenters. The Bertz CT molecular complexity index is 640. The zero-order valence-corrected chi connectivity index (χ0v) is 14.2. The zero-order chi connectivity index (χ0) is 15.7. The molecule has 1 N–H and O–H groups in total. The monoisotopic (exact) mass is 301 g/mol. The lowest BCUT2D eigenvalue weighted by Gasteiger charge is -2.32. The lowest BCUT2D eigenvalue weighted by Crippen LogP contribution is -2.34. The van der Waals surface area contributed by atoms with E-state index in [2.05, 4.69) is 52.6 Å². The third kappa shape index (κ3) is 2.82. The van der Waals surface area contributed by atoms with Gasteiger partial charge in [-0.05, 0) is 52.6 Å². The van der Waals surface area contributed by atoms with Crippen molar-refractivity contribution >= 4 is 0 Å². The Morgan fingerprint density at radius 3 is 2.77 bits per heavy atom. The van der Waals surface area contributed by atoms with Crippen LogP contribution in [-0.4, -0.2) is 38.0 Å². The molecule has 2 aromatic rings. The first-order chi connectivity index (χ1) is 10.6. The summed E-state index contributed by atoms with van der Waals surface area (Å²) in [7, 11) is 0. The van der Waals surface area contributed by atoms with Gasteiger partial charge >= 0.3 is 0 Å². The molecule has 1 aliphatic rings. The van der Waals surface area contributed by atoms with Crippen molar-refractivity contribution in [3.63, 3.8) is 0 Å². The van der Waals surface area contributed by atoms with Gasteiger partial charge in [-0.25, -0.2) is 0 Å². The molecule has 0 spiro atoms. The number of hydrogen-bond acceptors (Lipinski definition) is 3. The van der Waals surface area contributed by atoms with Crippen LogP contribution in [0.1, 0.15) is 53.9 Å². The Morgan fingerprint density at radius 1 is 1.32 bits per heavy atom. The van der Waals surface area contributed by atoms with E-state index in [9.17, 15) is 0 Å². The number of aromatic amines is 1. The van der Waals surface area contributed by atoms with Gasteiger partial charge in [-0.2, -0.15) is 10.2 Å². The first-order valence-corrected chi connectivity index (χ1v) is 8.35. The molecule has 22 heavy (non-hydrogen) atoms. The second kappa shape index (κ2) is 6.24. The zero-order valence-electron chi connectivity index (χ0n) is 14.2. The van der Waals surface area contributed by atoms with Crippen molar-refractivity contribution in [2.45, 2.75) is 59.5 Å². The second-order valence-corrected chi connectivity index (χ2v) is 6.51. The van der Waals surface area contributed by atoms with E-state index >= 15 is 0 Å². The van der Waals surface area contributed by atoms with Gasteiger partial charge < -0.3 is 0 Å². The number of aromatic nitrogens is 4. The van der Waals surface area contributed by atoms with Gasteiger partial charge in [0.2, 0.25) is 0 Å². The Kier molecular flexibility index (Phi) is 4.34. The molecule has 0 unspecified atom stereocenters. The van der Waals surface area contributed by atoms with E-state index in [-0.39, 0.29) is 0 Å². The average molecular weight is 301 g/mol. The normalized spacial score (nSPS) is 19.7. The van der Waals surface area contributed by atoms with E-state index in [0.29, 0.717) is 5.92 Å². The Balaban J connectivity index is 1.73. The predicted molar refractivity (Wildman–Crippen MR) is 88.0 cm³/mol. The van der Waals surface area contributed by atoms with Crippen LogP contribution in [0, 0.1) is 20.8 Å². The number of rotatable bonds is 4. The topological polar surface area (TPSA) is 49.7 Å². The van der Waals surface area contributed by atoms with Crippen molar-refractivity contribution in [2.75, 3.05) is 13.1 Å². The molecule has 3 rings (SSSR count). The fourth-order valence-corrected chi connectivity index (χ4v) is 3.70. The van der Waals surface area contributed by atoms with Gasteiger partial charge in [-0.1, -0.05) is 0 Å². The molecular formula is C17H27N5. The van der Waals surface area contributed by atoms with E-state index in [1.54, 1.807) is 0 Å². The minimum atomic E-state index is 0.582. The number of H-pyrrole nitrogens is 1. The highest BCUT2D eigenvalue weighted by Gasteiger charge is 2.25. The first kappa shape index (κ1) is 15.3. The van der Waals surface area contributed by atoms with Gasteiger partial charge in [-0.3, -0.25) is 14.7 Å². The Hall–Kier alpha value is -1.62. The SMILES string of the molecule is CCn1nc(C)c(CN2CCC[C@@H](c3[nH]ncc3C)C2)c1C. The van der Waals surface area contributed by atoms with E-state index in [0.717, 1.165) is 19.6 Å². The molecule has 1 saturated heterocycles. The molecular weight excluding hydrogens is 274 g/mol. The van der Waals surface area contributed by atoms with Gasteiger partial charge in [0.25, 0.3) is 0 Å². The van der Waals surface area contributed by atoms with Crippen LogP contribution in [-0.2, 0) is 13.1 Å². The quantitative estimate of drug-likeness (QED) is 0.944. The standard InChI is InChI=1S/C17H27N5/c1-5-22-14(4)16(13(3)20-22)11-21-8-6-7-15(10-21)17-12(2)9-18-19-17/h9,15H,5-8,10-11H2,1-4H3,(H,18,19)/t15-/m1/s1. The lowest BCUT2D eigenvalue weighted by molar-refractivity contribution is 0.197. The summed E-state index contributed by atoms with van der Waals surface area (Å²) in [5.74, 6) is 0.582. The third-order valence-corrected chi connectivity index (χ3v) is 4.99. The lowest BCUT2D eigenvalue weighted by atomic mass is 9.92. The summed E-state index contributed by atoms with van der Waals surface area (Å²) < 4.78 is 2.12. The van der Waals surface area contributed by atoms with Gasteiger partial charge in [0, 0.05) is 42.5 Å². The van der Waals surface area contributed by atoms with Crippen molar-refractivity contribution in [1.29, 1.82) is 0 Å². The highest BCUT2D eigenvalue weighted by molar-refractivity contribution is 5.25. The fourth-order valence-electron chi connectivity index (χ4n) is 3.70. The molecule has 0 bridgehead atoms. The maximum absolute atomic E-state index is 4.65. The van der Waals surface area contributed by atoms with Crippen LogP contribution in [0.5, 0.6) is 0 Å². The molecule has 1 aliphatic heterocycles. The summed E-state index contributed by atoms with van der Waals surface area (Å²) in [5.41, 5.74) is 6.52. The summed E-state index contributed by atoms with van der Waals surface area (Å²) in [5, 5.41) is 12.0. The number of piperidine rings is 1. The summed E-state index contributed by atoms with van der Waals surface area (Å²) >= 11 is 0. The molecule has 0 saturated carbocycles. The van der Waals surface area contributed by atoms with E-state index in [1.807, 2.05) is 6.20 Å². The minimum Gasteiger partial charge on any atom is -0.298 e. The van der Waals surface area contributed by atoms with Crippen LogP contribution >= 0.6 is 0 Å². The molecule has 2 aromatic heterocycles. The molecule has 1 fully saturated rings. The Labute approximate surface area is 132 Å². The van der Waals surface area contributed by atoms with Crippen LogP contribution in [0.3, 0.4) is 0 Å². The molecule has 0 aromatic carbocycles. The minimum absolute atomic E-state index is 0.582. The van der Waals surface area contributed by atoms with Gasteiger partial charge in [0.1, 0.15) is 0 Å². The average Bonchev–Trinajstić information content (AvgIpc) is 3.06. The van der Waals surface area contributed by atoms with Crippen LogP contribution in [0.15, 0.2) is 6.20 Å². The van der Waals surface area contributed by atoms with E-state index < -0.39 is 0 Å². The summed E-state index contributed by atoms with van der Waals surface area (Å²) in [6.07, 6.45) is 4.45. The third-order valence-electron chi connectivity index (χ3n) is 4.99. The number of hydrogen-bond donors (Lipinski definition) is 1. The predicted octanol–water partition coefficient (Wildman–Crippen LogP) is 2.93. The molecule has 0 amide bonds. The fraction of sp³-hybridized carbons (Fsp3) is 0.647. The molecule has 0 radical (unpaired) electrons. The van der Waals surface area contributed by atoms with Crippen LogP contribution in [0.4, 0.5) is 0 Å². The van der Waals surface area contributed by atoms with E-state index in [1.165, 1.54) is 47.6 Å². The largest absolute Gasteiger partial charge is 0.298 e. The van der Waals surface area contributed by atoms with Gasteiger partial charge in [0.15, 0.2) is 0 Å². The maximum atomic E-state index is 4.65. The summed E-state index contributed by atoms with van der Waals surface area (Å²) in [6.45, 7) is 12.9. The molecule has 120 valence electrons. The van der Waals surface area contributed by atoms with Crippen LogP contribution < -0.4 is 0 Å². The van der Waals surface area contributed by atoms with Crippen molar-refractivity contribution in [2.24, 2.45) is 0 Å². The van der Waals surface area contributed by atoms with Gasteiger partial charge in [0.05, 0.1) is 11.9 Å². The smallest absolute Gasteiger partial charge is 0.0641 e. The van der Waals surface area contributed by atoms with Crippen molar-refractivity contribution in [3.05, 3.63) is 34.4 Å². The van der Waals surface area contributed by atoms with Crippen molar-refractivity contribution in [1.82, 2.24) is 24.9 Å². The van der Waals surface area contributed by atoms with Gasteiger partial charge in [-0.15, -0.1) is 0 Å². The molecule has 5 heteroatoms. The molecule has 5 nitrogen and oxygen atoms in total. The van der Waals surface area contributed by atoms with Crippen molar-refractivity contribution < 1.29 is 0 Å². The number of likely N-dealkylation sites (tertiary alicyclic amines) is 1. The number of nitrogens with zero attached hydrogens (tertiary/aromatic N) is 4. The number of aryl methyl sites for hydroxylation is 3. The summed E-state index contributed by atoms with van der Waals surface area (Å²) in [4.78, 5) is 2.57. The van der Waals surface area contributed by atoms with Crippen molar-refractivity contribution in [3.8, 4) is 0 Å². The highest BCUT2D eigenvalue weighted by Crippen LogP contribution is 2.29. The second-order valence-electron chi connectivity index (χ2n) is 6.51. The number of nitrogens with one attached hydrogen (secondary N) is 1. The first-order valence-electron chi connectivity index (χ1n) is 8.35.